The minimum absolute atomic E-state index is 0.0315. The van der Waals surface area contributed by atoms with Gasteiger partial charge in [0.05, 0.1) is 16.9 Å². The Balaban J connectivity index is 1.82. The van der Waals surface area contributed by atoms with Gasteiger partial charge in [-0.2, -0.15) is 5.10 Å². The lowest BCUT2D eigenvalue weighted by Gasteiger charge is -2.04. The first kappa shape index (κ1) is 18.7. The van der Waals surface area contributed by atoms with E-state index in [0.717, 1.165) is 5.75 Å². The molecule has 0 aliphatic carbocycles. The molecule has 1 amide bonds. The molecule has 0 radical (unpaired) electrons. The second-order valence-corrected chi connectivity index (χ2v) is 6.50. The number of rotatable bonds is 7. The fourth-order valence-corrected chi connectivity index (χ4v) is 3.04. The molecule has 6 nitrogen and oxygen atoms in total. The van der Waals surface area contributed by atoms with Crippen LogP contribution in [0.25, 0.3) is 0 Å². The number of thioether (sulfide) groups is 1. The standard InChI is InChI=1S/C18H19N3O3S/c1-13-5-3-4-6-16(13)11-25-12-18(22)20-19-10-15-8-7-14(2)17(9-15)21(23)24/h3-10H,11-12H2,1-2H3,(H,20,22). The van der Waals surface area contributed by atoms with Crippen molar-refractivity contribution in [2.24, 2.45) is 5.10 Å². The van der Waals surface area contributed by atoms with E-state index in [-0.39, 0.29) is 11.6 Å². The monoisotopic (exact) mass is 357 g/mol. The third-order valence-electron chi connectivity index (χ3n) is 3.58. The maximum Gasteiger partial charge on any atom is 0.272 e. The Morgan fingerprint density at radius 2 is 2.00 bits per heavy atom. The molecule has 2 aromatic rings. The van der Waals surface area contributed by atoms with Gasteiger partial charge in [0.2, 0.25) is 5.91 Å². The van der Waals surface area contributed by atoms with E-state index >= 15 is 0 Å². The van der Waals surface area contributed by atoms with E-state index in [1.165, 1.54) is 35.2 Å². The number of aryl methyl sites for hydroxylation is 2. The van der Waals surface area contributed by atoms with Crippen molar-refractivity contribution in [3.8, 4) is 0 Å². The summed E-state index contributed by atoms with van der Waals surface area (Å²) in [5.74, 6) is 0.838. The Hall–Kier alpha value is -2.67. The summed E-state index contributed by atoms with van der Waals surface area (Å²) < 4.78 is 0. The molecular formula is C18H19N3O3S. The topological polar surface area (TPSA) is 84.6 Å². The van der Waals surface area contributed by atoms with Gasteiger partial charge in [0, 0.05) is 22.9 Å². The van der Waals surface area contributed by atoms with Gasteiger partial charge in [-0.15, -0.1) is 11.8 Å². The molecule has 7 heteroatoms. The van der Waals surface area contributed by atoms with Gasteiger partial charge in [-0.3, -0.25) is 14.9 Å². The smallest absolute Gasteiger partial charge is 0.272 e. The number of carbonyl (C=O) groups is 1. The van der Waals surface area contributed by atoms with E-state index in [0.29, 0.717) is 16.9 Å². The van der Waals surface area contributed by atoms with E-state index in [2.05, 4.69) is 10.5 Å². The van der Waals surface area contributed by atoms with E-state index in [1.54, 1.807) is 19.1 Å². The summed E-state index contributed by atoms with van der Waals surface area (Å²) in [5, 5.41) is 14.8. The van der Waals surface area contributed by atoms with Gasteiger partial charge in [0.25, 0.3) is 5.69 Å². The molecule has 2 aromatic carbocycles. The molecule has 0 atom stereocenters. The number of nitrogens with zero attached hydrogens (tertiary/aromatic N) is 2. The van der Waals surface area contributed by atoms with Gasteiger partial charge in [-0.25, -0.2) is 5.43 Å². The summed E-state index contributed by atoms with van der Waals surface area (Å²) in [6.45, 7) is 3.72. The van der Waals surface area contributed by atoms with Gasteiger partial charge in [0.15, 0.2) is 0 Å². The number of hydrogen-bond acceptors (Lipinski definition) is 5. The SMILES string of the molecule is Cc1ccccc1CSCC(=O)NN=Cc1ccc(C)c([N+](=O)[O-])c1. The molecule has 0 heterocycles. The first-order valence-corrected chi connectivity index (χ1v) is 8.82. The number of nitrogens with one attached hydrogen (secondary N) is 1. The summed E-state index contributed by atoms with van der Waals surface area (Å²) in [6.07, 6.45) is 1.40. The molecule has 0 aliphatic rings. The maximum absolute atomic E-state index is 11.8. The molecule has 0 aliphatic heterocycles. The Kier molecular flexibility index (Phi) is 6.71. The maximum atomic E-state index is 11.8. The van der Waals surface area contributed by atoms with Crippen molar-refractivity contribution in [1.82, 2.24) is 5.43 Å². The van der Waals surface area contributed by atoms with Crippen molar-refractivity contribution in [2.75, 3.05) is 5.75 Å². The molecule has 130 valence electrons. The Labute approximate surface area is 150 Å². The number of amides is 1. The molecule has 0 fully saturated rings. The highest BCUT2D eigenvalue weighted by molar-refractivity contribution is 7.99. The molecule has 0 spiro atoms. The summed E-state index contributed by atoms with van der Waals surface area (Å²) >= 11 is 1.51. The third-order valence-corrected chi connectivity index (χ3v) is 4.57. The molecule has 0 aromatic heterocycles. The molecule has 0 bridgehead atoms. The lowest BCUT2D eigenvalue weighted by molar-refractivity contribution is -0.385. The average molecular weight is 357 g/mol. The van der Waals surface area contributed by atoms with Gasteiger partial charge >= 0.3 is 0 Å². The number of hydrazone groups is 1. The van der Waals surface area contributed by atoms with Crippen LogP contribution in [-0.2, 0) is 10.5 Å². The Morgan fingerprint density at radius 3 is 2.72 bits per heavy atom. The van der Waals surface area contributed by atoms with Gasteiger partial charge < -0.3 is 0 Å². The molecule has 0 unspecified atom stereocenters. The quantitative estimate of drug-likeness (QED) is 0.466. The first-order valence-electron chi connectivity index (χ1n) is 7.66. The molecule has 1 N–H and O–H groups in total. The highest BCUT2D eigenvalue weighted by Crippen LogP contribution is 2.18. The number of hydrogen-bond donors (Lipinski definition) is 1. The fraction of sp³-hybridized carbons (Fsp3) is 0.222. The van der Waals surface area contributed by atoms with Crippen LogP contribution in [0.4, 0.5) is 5.69 Å². The first-order chi connectivity index (χ1) is 12.0. The zero-order valence-electron chi connectivity index (χ0n) is 14.1. The highest BCUT2D eigenvalue weighted by atomic mass is 32.2. The summed E-state index contributed by atoms with van der Waals surface area (Å²) in [6, 6.07) is 12.8. The van der Waals surface area contributed by atoms with Crippen LogP contribution in [0, 0.1) is 24.0 Å². The fourth-order valence-electron chi connectivity index (χ4n) is 2.14. The van der Waals surface area contributed by atoms with Crippen LogP contribution >= 0.6 is 11.8 Å². The van der Waals surface area contributed by atoms with Crippen LogP contribution in [0.3, 0.4) is 0 Å². The van der Waals surface area contributed by atoms with E-state index in [1.807, 2.05) is 31.2 Å². The molecule has 0 saturated carbocycles. The van der Waals surface area contributed by atoms with Crippen molar-refractivity contribution < 1.29 is 9.72 Å². The summed E-state index contributed by atoms with van der Waals surface area (Å²) in [7, 11) is 0. The van der Waals surface area contributed by atoms with Crippen LogP contribution in [0.5, 0.6) is 0 Å². The van der Waals surface area contributed by atoms with Crippen molar-refractivity contribution in [2.45, 2.75) is 19.6 Å². The minimum atomic E-state index is -0.437. The predicted molar refractivity (Wildman–Crippen MR) is 101 cm³/mol. The number of carbonyl (C=O) groups excluding carboxylic acids is 1. The second kappa shape index (κ2) is 8.98. The highest BCUT2D eigenvalue weighted by Gasteiger charge is 2.10. The largest absolute Gasteiger partial charge is 0.272 e. The zero-order chi connectivity index (χ0) is 18.2. The van der Waals surface area contributed by atoms with Gasteiger partial charge in [0.1, 0.15) is 0 Å². The molecule has 25 heavy (non-hydrogen) atoms. The third kappa shape index (κ3) is 5.72. The van der Waals surface area contributed by atoms with E-state index < -0.39 is 4.92 Å². The number of benzene rings is 2. The average Bonchev–Trinajstić information content (AvgIpc) is 2.58. The van der Waals surface area contributed by atoms with Crippen LogP contribution in [-0.4, -0.2) is 22.8 Å². The Bertz CT molecular complexity index is 806. The normalized spacial score (nSPS) is 10.8. The zero-order valence-corrected chi connectivity index (χ0v) is 14.9. The molecular weight excluding hydrogens is 338 g/mol. The summed E-state index contributed by atoms with van der Waals surface area (Å²) in [5.41, 5.74) is 6.02. The van der Waals surface area contributed by atoms with Crippen LogP contribution in [0.15, 0.2) is 47.6 Å². The van der Waals surface area contributed by atoms with Crippen LogP contribution in [0.2, 0.25) is 0 Å². The van der Waals surface area contributed by atoms with Gasteiger partial charge in [-0.05, 0) is 25.0 Å². The lowest BCUT2D eigenvalue weighted by atomic mass is 10.1. The van der Waals surface area contributed by atoms with Crippen LogP contribution < -0.4 is 5.43 Å². The van der Waals surface area contributed by atoms with Crippen molar-refractivity contribution in [3.63, 3.8) is 0 Å². The summed E-state index contributed by atoms with van der Waals surface area (Å²) in [4.78, 5) is 22.3. The lowest BCUT2D eigenvalue weighted by Crippen LogP contribution is -2.19. The number of nitro benzene ring substituents is 1. The van der Waals surface area contributed by atoms with Crippen molar-refractivity contribution >= 4 is 29.6 Å². The number of nitro groups is 1. The van der Waals surface area contributed by atoms with Gasteiger partial charge in [-0.1, -0.05) is 36.4 Å². The van der Waals surface area contributed by atoms with Crippen molar-refractivity contribution in [3.05, 3.63) is 74.8 Å². The molecule has 2 rings (SSSR count). The van der Waals surface area contributed by atoms with Crippen LogP contribution in [0.1, 0.15) is 22.3 Å². The minimum Gasteiger partial charge on any atom is -0.272 e. The predicted octanol–water partition coefficient (Wildman–Crippen LogP) is 3.60. The Morgan fingerprint density at radius 1 is 1.24 bits per heavy atom. The molecule has 0 saturated heterocycles. The van der Waals surface area contributed by atoms with E-state index in [4.69, 9.17) is 0 Å². The second-order valence-electron chi connectivity index (χ2n) is 5.52. The van der Waals surface area contributed by atoms with E-state index in [9.17, 15) is 14.9 Å². The van der Waals surface area contributed by atoms with Crippen molar-refractivity contribution in [1.29, 1.82) is 0 Å².